The third-order valence-electron chi connectivity index (χ3n) is 3.39. The van der Waals surface area contributed by atoms with Crippen LogP contribution in [0.25, 0.3) is 11.1 Å². The van der Waals surface area contributed by atoms with E-state index in [4.69, 9.17) is 4.74 Å². The molecular formula is C17H21NO3S. The van der Waals surface area contributed by atoms with Crippen LogP contribution in [-0.4, -0.2) is 21.8 Å². The summed E-state index contributed by atoms with van der Waals surface area (Å²) in [5.74, 6) is 1.11. The van der Waals surface area contributed by atoms with E-state index in [1.165, 1.54) is 5.56 Å². The normalized spacial score (nSPS) is 11.5. The zero-order valence-corrected chi connectivity index (χ0v) is 14.1. The molecule has 4 nitrogen and oxygen atoms in total. The van der Waals surface area contributed by atoms with Gasteiger partial charge in [-0.1, -0.05) is 38.1 Å². The quantitative estimate of drug-likeness (QED) is 0.910. The van der Waals surface area contributed by atoms with Gasteiger partial charge in [0.2, 0.25) is 10.0 Å². The molecule has 0 spiro atoms. The number of rotatable bonds is 5. The zero-order valence-electron chi connectivity index (χ0n) is 13.3. The first-order chi connectivity index (χ1) is 10.3. The van der Waals surface area contributed by atoms with Gasteiger partial charge in [0.15, 0.2) is 0 Å². The third kappa shape index (κ3) is 4.01. The van der Waals surface area contributed by atoms with Crippen molar-refractivity contribution in [3.8, 4) is 16.9 Å². The number of anilines is 1. The number of nitrogens with one attached hydrogen (secondary N) is 1. The van der Waals surface area contributed by atoms with Crippen molar-refractivity contribution in [3.63, 3.8) is 0 Å². The van der Waals surface area contributed by atoms with Crippen molar-refractivity contribution in [2.24, 2.45) is 0 Å². The molecule has 0 radical (unpaired) electrons. The van der Waals surface area contributed by atoms with Crippen LogP contribution in [0, 0.1) is 0 Å². The molecule has 2 aromatic rings. The Labute approximate surface area is 132 Å². The van der Waals surface area contributed by atoms with Crippen LogP contribution in [0.2, 0.25) is 0 Å². The summed E-state index contributed by atoms with van der Waals surface area (Å²) in [5, 5.41) is 0. The average molecular weight is 319 g/mol. The van der Waals surface area contributed by atoms with E-state index in [0.29, 0.717) is 17.4 Å². The van der Waals surface area contributed by atoms with Gasteiger partial charge in [-0.25, -0.2) is 8.42 Å². The number of hydrogen-bond acceptors (Lipinski definition) is 3. The second kappa shape index (κ2) is 6.40. The Hall–Kier alpha value is -2.01. The lowest BCUT2D eigenvalue weighted by atomic mass is 9.98. The van der Waals surface area contributed by atoms with E-state index in [1.807, 2.05) is 6.07 Å². The topological polar surface area (TPSA) is 55.4 Å². The summed E-state index contributed by atoms with van der Waals surface area (Å²) in [5.41, 5.74) is 3.73. The summed E-state index contributed by atoms with van der Waals surface area (Å²) in [6.07, 6.45) is 1.12. The van der Waals surface area contributed by atoms with Gasteiger partial charge in [0.1, 0.15) is 5.75 Å². The molecule has 0 amide bonds. The summed E-state index contributed by atoms with van der Waals surface area (Å²) >= 11 is 0. The van der Waals surface area contributed by atoms with Gasteiger partial charge in [-0.05, 0) is 29.2 Å². The maximum Gasteiger partial charge on any atom is 0.229 e. The van der Waals surface area contributed by atoms with Crippen molar-refractivity contribution in [2.75, 3.05) is 18.1 Å². The molecule has 1 N–H and O–H groups in total. The first kappa shape index (κ1) is 16.4. The molecule has 0 aliphatic rings. The highest BCUT2D eigenvalue weighted by Gasteiger charge is 2.10. The van der Waals surface area contributed by atoms with Crippen LogP contribution in [-0.2, 0) is 10.0 Å². The first-order valence-corrected chi connectivity index (χ1v) is 8.95. The summed E-state index contributed by atoms with van der Waals surface area (Å²) < 4.78 is 30.5. The standard InChI is InChI=1S/C17H21NO3S/c1-12(2)13-5-7-14(8-6-13)16-10-9-15(11-17(16)21-3)18-22(4,19)20/h5-12,18H,1-4H3. The van der Waals surface area contributed by atoms with Crippen molar-refractivity contribution >= 4 is 15.7 Å². The highest BCUT2D eigenvalue weighted by molar-refractivity contribution is 7.92. The van der Waals surface area contributed by atoms with Gasteiger partial charge in [0.25, 0.3) is 0 Å². The monoisotopic (exact) mass is 319 g/mol. The van der Waals surface area contributed by atoms with E-state index in [9.17, 15) is 8.42 Å². The highest BCUT2D eigenvalue weighted by Crippen LogP contribution is 2.33. The lowest BCUT2D eigenvalue weighted by Gasteiger charge is -2.13. The molecule has 0 saturated heterocycles. The minimum Gasteiger partial charge on any atom is -0.496 e. The van der Waals surface area contributed by atoms with Crippen molar-refractivity contribution in [1.82, 2.24) is 0 Å². The maximum absolute atomic E-state index is 11.3. The van der Waals surface area contributed by atoms with Gasteiger partial charge >= 0.3 is 0 Å². The van der Waals surface area contributed by atoms with Gasteiger partial charge in [0.05, 0.1) is 19.1 Å². The first-order valence-electron chi connectivity index (χ1n) is 7.06. The molecule has 2 rings (SSSR count). The SMILES string of the molecule is COc1cc(NS(C)(=O)=O)ccc1-c1ccc(C(C)C)cc1. The predicted molar refractivity (Wildman–Crippen MR) is 91.0 cm³/mol. The Morgan fingerprint density at radius 2 is 1.68 bits per heavy atom. The molecule has 0 heterocycles. The molecule has 0 fully saturated rings. The molecule has 5 heteroatoms. The number of methoxy groups -OCH3 is 1. The highest BCUT2D eigenvalue weighted by atomic mass is 32.2. The number of hydrogen-bond donors (Lipinski definition) is 1. The van der Waals surface area contributed by atoms with Crippen molar-refractivity contribution in [3.05, 3.63) is 48.0 Å². The molecule has 0 aromatic heterocycles. The van der Waals surface area contributed by atoms with Gasteiger partial charge in [-0.2, -0.15) is 0 Å². The minimum absolute atomic E-state index is 0.484. The fourth-order valence-corrected chi connectivity index (χ4v) is 2.81. The van der Waals surface area contributed by atoms with E-state index in [0.717, 1.165) is 17.4 Å². The molecule has 118 valence electrons. The summed E-state index contributed by atoms with van der Waals surface area (Å²) in [7, 11) is -1.73. The van der Waals surface area contributed by atoms with E-state index < -0.39 is 10.0 Å². The zero-order chi connectivity index (χ0) is 16.3. The van der Waals surface area contributed by atoms with E-state index in [1.54, 1.807) is 19.2 Å². The Kier molecular flexibility index (Phi) is 4.76. The van der Waals surface area contributed by atoms with Crippen LogP contribution in [0.1, 0.15) is 25.3 Å². The van der Waals surface area contributed by atoms with Crippen LogP contribution < -0.4 is 9.46 Å². The molecule has 0 aliphatic carbocycles. The fraction of sp³-hybridized carbons (Fsp3) is 0.294. The average Bonchev–Trinajstić information content (AvgIpc) is 2.45. The molecule has 0 saturated carbocycles. The minimum atomic E-state index is -3.30. The van der Waals surface area contributed by atoms with Crippen LogP contribution in [0.5, 0.6) is 5.75 Å². The Bertz CT molecular complexity index is 750. The smallest absolute Gasteiger partial charge is 0.229 e. The Morgan fingerprint density at radius 1 is 1.05 bits per heavy atom. The van der Waals surface area contributed by atoms with Crippen molar-refractivity contribution in [1.29, 1.82) is 0 Å². The Balaban J connectivity index is 2.38. The number of ether oxygens (including phenoxy) is 1. The molecule has 0 bridgehead atoms. The Morgan fingerprint density at radius 3 is 2.18 bits per heavy atom. The van der Waals surface area contributed by atoms with Crippen LogP contribution in [0.4, 0.5) is 5.69 Å². The molecular weight excluding hydrogens is 298 g/mol. The third-order valence-corrected chi connectivity index (χ3v) is 4.00. The molecule has 0 unspecified atom stereocenters. The van der Waals surface area contributed by atoms with Crippen molar-refractivity contribution < 1.29 is 13.2 Å². The van der Waals surface area contributed by atoms with Crippen molar-refractivity contribution in [2.45, 2.75) is 19.8 Å². The van der Waals surface area contributed by atoms with Crippen LogP contribution in [0.3, 0.4) is 0 Å². The number of sulfonamides is 1. The van der Waals surface area contributed by atoms with Gasteiger partial charge in [-0.3, -0.25) is 4.72 Å². The molecule has 2 aromatic carbocycles. The van der Waals surface area contributed by atoms with Gasteiger partial charge in [0, 0.05) is 11.6 Å². The second-order valence-electron chi connectivity index (χ2n) is 5.57. The van der Waals surface area contributed by atoms with E-state index in [2.05, 4.69) is 42.8 Å². The van der Waals surface area contributed by atoms with E-state index >= 15 is 0 Å². The lowest BCUT2D eigenvalue weighted by Crippen LogP contribution is -2.09. The summed E-state index contributed by atoms with van der Waals surface area (Å²) in [6.45, 7) is 4.31. The van der Waals surface area contributed by atoms with Crippen LogP contribution >= 0.6 is 0 Å². The maximum atomic E-state index is 11.3. The second-order valence-corrected chi connectivity index (χ2v) is 7.31. The van der Waals surface area contributed by atoms with Gasteiger partial charge in [-0.15, -0.1) is 0 Å². The summed E-state index contributed by atoms with van der Waals surface area (Å²) in [6, 6.07) is 13.6. The summed E-state index contributed by atoms with van der Waals surface area (Å²) in [4.78, 5) is 0. The molecule has 22 heavy (non-hydrogen) atoms. The molecule has 0 aliphatic heterocycles. The lowest BCUT2D eigenvalue weighted by molar-refractivity contribution is 0.416. The van der Waals surface area contributed by atoms with E-state index in [-0.39, 0.29) is 0 Å². The fourth-order valence-electron chi connectivity index (χ4n) is 2.25. The largest absolute Gasteiger partial charge is 0.496 e. The predicted octanol–water partition coefficient (Wildman–Crippen LogP) is 3.86. The van der Waals surface area contributed by atoms with Crippen LogP contribution in [0.15, 0.2) is 42.5 Å². The molecule has 0 atom stereocenters. The number of benzene rings is 2. The van der Waals surface area contributed by atoms with Gasteiger partial charge < -0.3 is 4.74 Å².